The SMILES string of the molecule is CCc1nnc(NC(=O)c2ccc3noc(-c4ccccc4)c3c2)s1. The molecule has 7 heteroatoms. The van der Waals surface area contributed by atoms with Crippen molar-refractivity contribution in [3.05, 3.63) is 59.1 Å². The van der Waals surface area contributed by atoms with Gasteiger partial charge in [-0.25, -0.2) is 0 Å². The van der Waals surface area contributed by atoms with Gasteiger partial charge in [0.2, 0.25) is 5.13 Å². The molecule has 0 atom stereocenters. The summed E-state index contributed by atoms with van der Waals surface area (Å²) in [5, 5.41) is 17.0. The van der Waals surface area contributed by atoms with Gasteiger partial charge < -0.3 is 4.52 Å². The first-order valence-corrected chi connectivity index (χ1v) is 8.65. The predicted molar refractivity (Wildman–Crippen MR) is 96.7 cm³/mol. The molecule has 4 rings (SSSR count). The van der Waals surface area contributed by atoms with Gasteiger partial charge in [0, 0.05) is 11.1 Å². The van der Waals surface area contributed by atoms with E-state index >= 15 is 0 Å². The van der Waals surface area contributed by atoms with E-state index in [4.69, 9.17) is 4.52 Å². The molecule has 0 unspecified atom stereocenters. The summed E-state index contributed by atoms with van der Waals surface area (Å²) in [6.07, 6.45) is 0.792. The number of carbonyl (C=O) groups excluding carboxylic acids is 1. The average Bonchev–Trinajstić information content (AvgIpc) is 3.28. The molecule has 6 nitrogen and oxygen atoms in total. The molecule has 25 heavy (non-hydrogen) atoms. The molecule has 0 spiro atoms. The minimum atomic E-state index is -0.235. The van der Waals surface area contributed by atoms with Crippen LogP contribution >= 0.6 is 11.3 Å². The van der Waals surface area contributed by atoms with Gasteiger partial charge in [0.15, 0.2) is 5.76 Å². The third-order valence-corrected chi connectivity index (χ3v) is 4.75. The summed E-state index contributed by atoms with van der Waals surface area (Å²) in [7, 11) is 0. The minimum absolute atomic E-state index is 0.235. The van der Waals surface area contributed by atoms with Crippen molar-refractivity contribution in [3.63, 3.8) is 0 Å². The first-order chi connectivity index (χ1) is 12.2. The molecular formula is C18H14N4O2S. The number of benzene rings is 2. The van der Waals surface area contributed by atoms with Crippen molar-refractivity contribution in [3.8, 4) is 11.3 Å². The molecule has 4 aromatic rings. The van der Waals surface area contributed by atoms with Gasteiger partial charge in [-0.05, 0) is 24.6 Å². The molecule has 0 bridgehead atoms. The predicted octanol–water partition coefficient (Wildman–Crippen LogP) is 4.16. The first kappa shape index (κ1) is 15.5. The highest BCUT2D eigenvalue weighted by atomic mass is 32.1. The van der Waals surface area contributed by atoms with Crippen LogP contribution in [0.2, 0.25) is 0 Å². The first-order valence-electron chi connectivity index (χ1n) is 7.83. The maximum Gasteiger partial charge on any atom is 0.257 e. The van der Waals surface area contributed by atoms with Crippen molar-refractivity contribution in [2.45, 2.75) is 13.3 Å². The Kier molecular flexibility index (Phi) is 3.99. The van der Waals surface area contributed by atoms with Crippen molar-refractivity contribution in [2.75, 3.05) is 5.32 Å². The lowest BCUT2D eigenvalue weighted by molar-refractivity contribution is 0.102. The molecule has 2 aromatic carbocycles. The third-order valence-electron chi connectivity index (χ3n) is 3.76. The Bertz CT molecular complexity index is 1040. The second-order valence-electron chi connectivity index (χ2n) is 5.42. The number of carbonyl (C=O) groups is 1. The number of fused-ring (bicyclic) bond motifs is 1. The van der Waals surface area contributed by atoms with Crippen LogP contribution in [0.15, 0.2) is 53.1 Å². The van der Waals surface area contributed by atoms with Crippen molar-refractivity contribution >= 4 is 33.3 Å². The van der Waals surface area contributed by atoms with E-state index < -0.39 is 0 Å². The van der Waals surface area contributed by atoms with Crippen LogP contribution in [0.25, 0.3) is 22.2 Å². The van der Waals surface area contributed by atoms with Gasteiger partial charge in [0.1, 0.15) is 10.5 Å². The summed E-state index contributed by atoms with van der Waals surface area (Å²) >= 11 is 1.38. The molecule has 1 amide bonds. The summed E-state index contributed by atoms with van der Waals surface area (Å²) in [5.41, 5.74) is 2.14. The number of hydrogen-bond donors (Lipinski definition) is 1. The highest BCUT2D eigenvalue weighted by Gasteiger charge is 2.15. The molecular weight excluding hydrogens is 336 g/mol. The van der Waals surface area contributed by atoms with Crippen LogP contribution in [0.1, 0.15) is 22.3 Å². The zero-order valence-electron chi connectivity index (χ0n) is 13.4. The molecule has 0 saturated carbocycles. The summed E-state index contributed by atoms with van der Waals surface area (Å²) in [6, 6.07) is 15.0. The van der Waals surface area contributed by atoms with E-state index in [-0.39, 0.29) is 5.91 Å². The molecule has 0 saturated heterocycles. The Morgan fingerprint density at radius 2 is 2.00 bits per heavy atom. The Hall–Kier alpha value is -3.06. The fraction of sp³-hybridized carbons (Fsp3) is 0.111. The highest BCUT2D eigenvalue weighted by molar-refractivity contribution is 7.15. The molecule has 0 radical (unpaired) electrons. The molecule has 0 aliphatic heterocycles. The van der Waals surface area contributed by atoms with Gasteiger partial charge in [0.25, 0.3) is 5.91 Å². The number of rotatable bonds is 4. The Morgan fingerprint density at radius 3 is 2.76 bits per heavy atom. The van der Waals surface area contributed by atoms with E-state index in [1.165, 1.54) is 11.3 Å². The zero-order chi connectivity index (χ0) is 17.2. The fourth-order valence-corrected chi connectivity index (χ4v) is 3.17. The van der Waals surface area contributed by atoms with Crippen molar-refractivity contribution in [2.24, 2.45) is 0 Å². The number of aromatic nitrogens is 3. The van der Waals surface area contributed by atoms with Crippen LogP contribution in [0.5, 0.6) is 0 Å². The average molecular weight is 350 g/mol. The van der Waals surface area contributed by atoms with Crippen molar-refractivity contribution in [1.82, 2.24) is 15.4 Å². The fourth-order valence-electron chi connectivity index (χ4n) is 2.50. The molecule has 1 N–H and O–H groups in total. The molecule has 0 aliphatic rings. The maximum atomic E-state index is 12.5. The molecule has 0 fully saturated rings. The monoisotopic (exact) mass is 350 g/mol. The number of hydrogen-bond acceptors (Lipinski definition) is 6. The standard InChI is InChI=1S/C18H14N4O2S/c1-2-15-20-21-18(25-15)19-17(23)12-8-9-14-13(10-12)16(24-22-14)11-6-4-3-5-7-11/h3-10H,2H2,1H3,(H,19,21,23). The topological polar surface area (TPSA) is 80.9 Å². The minimum Gasteiger partial charge on any atom is -0.355 e. The molecule has 124 valence electrons. The van der Waals surface area contributed by atoms with E-state index in [9.17, 15) is 4.79 Å². The number of nitrogens with one attached hydrogen (secondary N) is 1. The van der Waals surface area contributed by atoms with Gasteiger partial charge in [-0.3, -0.25) is 10.1 Å². The Morgan fingerprint density at radius 1 is 1.16 bits per heavy atom. The summed E-state index contributed by atoms with van der Waals surface area (Å²) in [4.78, 5) is 12.5. The van der Waals surface area contributed by atoms with Gasteiger partial charge in [-0.1, -0.05) is 53.7 Å². The lowest BCUT2D eigenvalue weighted by Crippen LogP contribution is -2.11. The van der Waals surface area contributed by atoms with Crippen LogP contribution in [0, 0.1) is 0 Å². The van der Waals surface area contributed by atoms with Gasteiger partial charge in [-0.2, -0.15) is 0 Å². The number of nitrogens with zero attached hydrogens (tertiary/aromatic N) is 3. The normalized spacial score (nSPS) is 10.9. The second kappa shape index (κ2) is 6.45. The largest absolute Gasteiger partial charge is 0.355 e. The molecule has 2 aromatic heterocycles. The van der Waals surface area contributed by atoms with E-state index in [0.29, 0.717) is 22.0 Å². The lowest BCUT2D eigenvalue weighted by atomic mass is 10.1. The third kappa shape index (κ3) is 3.01. The van der Waals surface area contributed by atoms with Crippen LogP contribution in [0.3, 0.4) is 0 Å². The highest BCUT2D eigenvalue weighted by Crippen LogP contribution is 2.29. The maximum absolute atomic E-state index is 12.5. The number of amides is 1. The smallest absolute Gasteiger partial charge is 0.257 e. The van der Waals surface area contributed by atoms with Gasteiger partial charge >= 0.3 is 0 Å². The summed E-state index contributed by atoms with van der Waals surface area (Å²) in [5.74, 6) is 0.412. The van der Waals surface area contributed by atoms with E-state index in [0.717, 1.165) is 22.4 Å². The van der Waals surface area contributed by atoms with Gasteiger partial charge in [0.05, 0.1) is 5.39 Å². The number of anilines is 1. The summed E-state index contributed by atoms with van der Waals surface area (Å²) in [6.45, 7) is 2.00. The van der Waals surface area contributed by atoms with E-state index in [1.807, 2.05) is 37.3 Å². The Labute approximate surface area is 147 Å². The summed E-state index contributed by atoms with van der Waals surface area (Å²) < 4.78 is 5.47. The van der Waals surface area contributed by atoms with Gasteiger partial charge in [-0.15, -0.1) is 10.2 Å². The van der Waals surface area contributed by atoms with Crippen molar-refractivity contribution in [1.29, 1.82) is 0 Å². The zero-order valence-corrected chi connectivity index (χ0v) is 14.2. The van der Waals surface area contributed by atoms with E-state index in [2.05, 4.69) is 20.7 Å². The molecule has 2 heterocycles. The van der Waals surface area contributed by atoms with Crippen molar-refractivity contribution < 1.29 is 9.32 Å². The van der Waals surface area contributed by atoms with Crippen LogP contribution < -0.4 is 5.32 Å². The number of aryl methyl sites for hydroxylation is 1. The van der Waals surface area contributed by atoms with Crippen LogP contribution in [-0.4, -0.2) is 21.3 Å². The quantitative estimate of drug-likeness (QED) is 0.598. The lowest BCUT2D eigenvalue weighted by Gasteiger charge is -2.02. The Balaban J connectivity index is 1.67. The van der Waals surface area contributed by atoms with Crippen LogP contribution in [0.4, 0.5) is 5.13 Å². The molecule has 0 aliphatic carbocycles. The second-order valence-corrected chi connectivity index (χ2v) is 6.48. The van der Waals surface area contributed by atoms with E-state index in [1.54, 1.807) is 18.2 Å². The van der Waals surface area contributed by atoms with Crippen LogP contribution in [-0.2, 0) is 6.42 Å².